The zero-order chi connectivity index (χ0) is 25.4. The molecule has 2 fully saturated rings. The maximum atomic E-state index is 13.4. The molecule has 0 bridgehead atoms. The number of alkyl halides is 6. The van der Waals surface area contributed by atoms with E-state index in [4.69, 9.17) is 9.84 Å². The molecular formula is C25H25F6NO3. The number of benzene rings is 2. The van der Waals surface area contributed by atoms with Crippen molar-refractivity contribution in [2.24, 2.45) is 5.41 Å². The number of hydrogen-bond donors (Lipinski definition) is 1. The summed E-state index contributed by atoms with van der Waals surface area (Å²) in [4.78, 5) is 12.5. The second-order valence-corrected chi connectivity index (χ2v) is 9.52. The Morgan fingerprint density at radius 3 is 2.46 bits per heavy atom. The molecule has 0 atom stereocenters. The minimum Gasteiger partial charge on any atom is -0.490 e. The Balaban J connectivity index is 1.36. The van der Waals surface area contributed by atoms with Crippen molar-refractivity contribution in [2.75, 3.05) is 13.1 Å². The van der Waals surface area contributed by atoms with Crippen LogP contribution in [0.5, 0.6) is 5.75 Å². The number of nitrogens with zero attached hydrogens (tertiary/aromatic N) is 1. The first-order valence-electron chi connectivity index (χ1n) is 11.3. The van der Waals surface area contributed by atoms with Crippen LogP contribution in [-0.2, 0) is 30.1 Å². The average molecular weight is 501 g/mol. The first-order valence-corrected chi connectivity index (χ1v) is 11.3. The molecule has 1 saturated heterocycles. The lowest BCUT2D eigenvalue weighted by atomic mass is 9.66. The molecule has 1 heterocycles. The van der Waals surface area contributed by atoms with E-state index >= 15 is 0 Å². The summed E-state index contributed by atoms with van der Waals surface area (Å²) in [5.41, 5.74) is -1.76. The zero-order valence-corrected chi connectivity index (χ0v) is 18.8. The van der Waals surface area contributed by atoms with Crippen LogP contribution in [0.25, 0.3) is 0 Å². The fraction of sp³-hybridized carbons (Fsp3) is 0.480. The quantitative estimate of drug-likeness (QED) is 0.461. The molecule has 1 aliphatic heterocycles. The van der Waals surface area contributed by atoms with Crippen molar-refractivity contribution in [1.82, 2.24) is 4.90 Å². The lowest BCUT2D eigenvalue weighted by Crippen LogP contribution is -2.45. The summed E-state index contributed by atoms with van der Waals surface area (Å²) >= 11 is 0. The van der Waals surface area contributed by atoms with Gasteiger partial charge in [0.05, 0.1) is 17.2 Å². The highest BCUT2D eigenvalue weighted by Gasteiger charge is 2.50. The van der Waals surface area contributed by atoms with Gasteiger partial charge in [0, 0.05) is 19.5 Å². The molecule has 0 amide bonds. The van der Waals surface area contributed by atoms with Crippen LogP contribution in [-0.4, -0.2) is 35.2 Å². The summed E-state index contributed by atoms with van der Waals surface area (Å²) in [6.07, 6.45) is -6.94. The van der Waals surface area contributed by atoms with E-state index in [9.17, 15) is 31.1 Å². The van der Waals surface area contributed by atoms with Crippen LogP contribution in [0.4, 0.5) is 26.3 Å². The van der Waals surface area contributed by atoms with Gasteiger partial charge in [-0.25, -0.2) is 0 Å². The van der Waals surface area contributed by atoms with E-state index < -0.39 is 29.4 Å². The predicted octanol–water partition coefficient (Wildman–Crippen LogP) is 6.17. The van der Waals surface area contributed by atoms with Gasteiger partial charge < -0.3 is 9.84 Å². The molecule has 1 saturated carbocycles. The largest absolute Gasteiger partial charge is 0.490 e. The Labute approximate surface area is 198 Å². The van der Waals surface area contributed by atoms with Crippen LogP contribution in [0.1, 0.15) is 47.9 Å². The minimum atomic E-state index is -4.73. The number of carboxylic acids is 1. The highest BCUT2D eigenvalue weighted by molar-refractivity contribution is 5.67. The van der Waals surface area contributed by atoms with Crippen LogP contribution in [0.15, 0.2) is 42.5 Å². The lowest BCUT2D eigenvalue weighted by Gasteiger charge is -2.45. The number of ether oxygens (including phenoxy) is 1. The molecule has 4 rings (SSSR count). The predicted molar refractivity (Wildman–Crippen MR) is 115 cm³/mol. The first-order chi connectivity index (χ1) is 16.3. The smallest absolute Gasteiger partial charge is 0.416 e. The summed E-state index contributed by atoms with van der Waals surface area (Å²) in [6.45, 7) is 0.807. The van der Waals surface area contributed by atoms with Gasteiger partial charge in [0.15, 0.2) is 0 Å². The zero-order valence-electron chi connectivity index (χ0n) is 18.8. The molecule has 0 radical (unpaired) electrons. The first kappa shape index (κ1) is 25.3. The van der Waals surface area contributed by atoms with E-state index in [-0.39, 0.29) is 30.0 Å². The summed E-state index contributed by atoms with van der Waals surface area (Å²) in [5, 5.41) is 8.83. The topological polar surface area (TPSA) is 49.8 Å². The molecule has 2 aromatic rings. The highest BCUT2D eigenvalue weighted by atomic mass is 19.4. The van der Waals surface area contributed by atoms with Crippen molar-refractivity contribution >= 4 is 5.97 Å². The van der Waals surface area contributed by atoms with Crippen molar-refractivity contribution < 1.29 is 41.0 Å². The van der Waals surface area contributed by atoms with E-state index in [1.54, 1.807) is 23.1 Å². The van der Waals surface area contributed by atoms with Crippen molar-refractivity contribution in [1.29, 1.82) is 0 Å². The van der Waals surface area contributed by atoms with Crippen molar-refractivity contribution in [2.45, 2.75) is 57.1 Å². The number of halogens is 6. The van der Waals surface area contributed by atoms with Gasteiger partial charge in [0.1, 0.15) is 5.75 Å². The Morgan fingerprint density at radius 1 is 1.06 bits per heavy atom. The van der Waals surface area contributed by atoms with Crippen molar-refractivity contribution in [3.05, 3.63) is 64.7 Å². The maximum absolute atomic E-state index is 13.4. The Bertz CT molecular complexity index is 1080. The van der Waals surface area contributed by atoms with Crippen LogP contribution >= 0.6 is 0 Å². The third-order valence-corrected chi connectivity index (χ3v) is 6.80. The fourth-order valence-corrected chi connectivity index (χ4v) is 5.12. The van der Waals surface area contributed by atoms with E-state index in [1.165, 1.54) is 0 Å². The van der Waals surface area contributed by atoms with Crippen LogP contribution in [0.3, 0.4) is 0 Å². The normalized spacial score (nSPS) is 22.9. The summed E-state index contributed by atoms with van der Waals surface area (Å²) in [5.74, 6) is -0.239. The van der Waals surface area contributed by atoms with E-state index in [1.807, 2.05) is 6.07 Å². The average Bonchev–Trinajstić information content (AvgIpc) is 3.15. The standard InChI is InChI=1S/C25H25F6NO3/c26-24(27,28)18-5-6-21(25(29,30)31)17(11-18)14-32-9-8-23(15-32)12-20(13-23)35-19-3-1-2-16(10-19)4-7-22(33)34/h1-3,5-6,10-11,20H,4,7-9,12-15H2,(H,33,34). The van der Waals surface area contributed by atoms with Crippen LogP contribution in [0, 0.1) is 5.41 Å². The van der Waals surface area contributed by atoms with Gasteiger partial charge in [-0.1, -0.05) is 12.1 Å². The molecule has 1 N–H and O–H groups in total. The molecule has 35 heavy (non-hydrogen) atoms. The van der Waals surface area contributed by atoms with E-state index in [0.717, 1.165) is 12.0 Å². The third kappa shape index (κ3) is 6.09. The van der Waals surface area contributed by atoms with Gasteiger partial charge in [0.2, 0.25) is 0 Å². The third-order valence-electron chi connectivity index (χ3n) is 6.80. The Morgan fingerprint density at radius 2 is 1.80 bits per heavy atom. The Hall–Kier alpha value is -2.75. The molecule has 10 heteroatoms. The number of aryl methyl sites for hydroxylation is 1. The lowest BCUT2D eigenvalue weighted by molar-refractivity contribution is -0.142. The number of aliphatic carboxylic acids is 1. The second-order valence-electron chi connectivity index (χ2n) is 9.52. The van der Waals surface area contributed by atoms with Crippen molar-refractivity contribution in [3.8, 4) is 5.75 Å². The van der Waals surface area contributed by atoms with Crippen LogP contribution < -0.4 is 4.74 Å². The summed E-state index contributed by atoms with van der Waals surface area (Å²) in [7, 11) is 0. The molecule has 0 aromatic heterocycles. The van der Waals surface area contributed by atoms with E-state index in [2.05, 4.69) is 0 Å². The molecule has 4 nitrogen and oxygen atoms in total. The molecule has 1 aliphatic carbocycles. The molecular weight excluding hydrogens is 476 g/mol. The summed E-state index contributed by atoms with van der Waals surface area (Å²) < 4.78 is 85.5. The molecule has 2 aliphatic rings. The van der Waals surface area contributed by atoms with E-state index in [0.29, 0.717) is 56.3 Å². The van der Waals surface area contributed by atoms with Gasteiger partial charge in [0.25, 0.3) is 0 Å². The monoisotopic (exact) mass is 501 g/mol. The number of carboxylic acid groups (broad SMARTS) is 1. The second kappa shape index (κ2) is 9.37. The van der Waals surface area contributed by atoms with Gasteiger partial charge in [-0.15, -0.1) is 0 Å². The Kier molecular flexibility index (Phi) is 6.78. The number of likely N-dealkylation sites (tertiary alicyclic amines) is 1. The minimum absolute atomic E-state index is 0.0216. The van der Waals surface area contributed by atoms with Crippen LogP contribution in [0.2, 0.25) is 0 Å². The number of rotatable bonds is 7. The van der Waals surface area contributed by atoms with Gasteiger partial charge >= 0.3 is 18.3 Å². The van der Waals surface area contributed by atoms with Gasteiger partial charge in [-0.05, 0) is 79.1 Å². The maximum Gasteiger partial charge on any atom is 0.416 e. The highest BCUT2D eigenvalue weighted by Crippen LogP contribution is 2.50. The molecule has 0 unspecified atom stereocenters. The number of carbonyl (C=O) groups is 1. The molecule has 190 valence electrons. The van der Waals surface area contributed by atoms with Crippen molar-refractivity contribution in [3.63, 3.8) is 0 Å². The fourth-order valence-electron chi connectivity index (χ4n) is 5.12. The molecule has 2 aromatic carbocycles. The number of hydrogen-bond acceptors (Lipinski definition) is 3. The molecule has 1 spiro atoms. The SMILES string of the molecule is O=C(O)CCc1cccc(OC2CC3(CCN(Cc4cc(C(F)(F)F)ccc4C(F)(F)F)C3)C2)c1. The van der Waals surface area contributed by atoms with Gasteiger partial charge in [-0.3, -0.25) is 9.69 Å². The van der Waals surface area contributed by atoms with Gasteiger partial charge in [-0.2, -0.15) is 26.3 Å². The summed E-state index contributed by atoms with van der Waals surface area (Å²) in [6, 6.07) is 8.83.